The minimum atomic E-state index is 0.478. The average molecular weight is 217 g/mol. The fourth-order valence-electron chi connectivity index (χ4n) is 2.28. The molecule has 0 atom stereocenters. The molecule has 16 heavy (non-hydrogen) atoms. The molecule has 0 radical (unpaired) electrons. The summed E-state index contributed by atoms with van der Waals surface area (Å²) in [6.45, 7) is 2.02. The molecule has 0 bridgehead atoms. The molecule has 0 unspecified atom stereocenters. The van der Waals surface area contributed by atoms with E-state index in [0.29, 0.717) is 12.1 Å². The van der Waals surface area contributed by atoms with Crippen molar-refractivity contribution >= 4 is 5.69 Å². The molecule has 3 rings (SSSR count). The highest BCUT2D eigenvalue weighted by Gasteiger charge is 2.33. The van der Waals surface area contributed by atoms with Crippen LogP contribution in [0.2, 0.25) is 0 Å². The first-order chi connectivity index (χ1) is 7.75. The van der Waals surface area contributed by atoms with Crippen LogP contribution in [-0.2, 0) is 0 Å². The second-order valence-electron chi connectivity index (χ2n) is 4.40. The Labute approximate surface area is 93.9 Å². The third-order valence-corrected chi connectivity index (χ3v) is 3.42. The molecule has 2 N–H and O–H groups in total. The molecular formula is C11H15N5. The lowest BCUT2D eigenvalue weighted by molar-refractivity contribution is 0.173. The van der Waals surface area contributed by atoms with Gasteiger partial charge in [-0.25, -0.2) is 0 Å². The highest BCUT2D eigenvalue weighted by molar-refractivity contribution is 5.40. The summed E-state index contributed by atoms with van der Waals surface area (Å²) < 4.78 is 4.06. The van der Waals surface area contributed by atoms with E-state index in [2.05, 4.69) is 10.2 Å². The van der Waals surface area contributed by atoms with Crippen molar-refractivity contribution in [2.24, 2.45) is 0 Å². The lowest BCUT2D eigenvalue weighted by atomic mass is 9.87. The fourth-order valence-corrected chi connectivity index (χ4v) is 2.28. The van der Waals surface area contributed by atoms with Crippen molar-refractivity contribution in [3.63, 3.8) is 0 Å². The quantitative estimate of drug-likeness (QED) is 0.830. The van der Waals surface area contributed by atoms with Gasteiger partial charge in [0, 0.05) is 12.4 Å². The Morgan fingerprint density at radius 1 is 1.31 bits per heavy atom. The molecule has 0 aromatic carbocycles. The summed E-state index contributed by atoms with van der Waals surface area (Å²) in [5.41, 5.74) is 7.64. The van der Waals surface area contributed by atoms with Crippen molar-refractivity contribution in [2.45, 2.75) is 31.8 Å². The van der Waals surface area contributed by atoms with Crippen molar-refractivity contribution in [3.8, 4) is 0 Å². The van der Waals surface area contributed by atoms with Gasteiger partial charge in [0.15, 0.2) is 0 Å². The minimum Gasteiger partial charge on any atom is -0.396 e. The molecule has 2 aromatic rings. The molecule has 0 aliphatic heterocycles. The first kappa shape index (κ1) is 9.45. The smallest absolute Gasteiger partial charge is 0.0730 e. The van der Waals surface area contributed by atoms with Crippen LogP contribution < -0.4 is 5.73 Å². The van der Waals surface area contributed by atoms with Crippen molar-refractivity contribution in [2.75, 3.05) is 5.73 Å². The third kappa shape index (κ3) is 1.31. The second-order valence-corrected chi connectivity index (χ2v) is 4.40. The van der Waals surface area contributed by atoms with Gasteiger partial charge in [-0.2, -0.15) is 10.2 Å². The third-order valence-electron chi connectivity index (χ3n) is 3.42. The van der Waals surface area contributed by atoms with E-state index in [0.717, 1.165) is 24.2 Å². The highest BCUT2D eigenvalue weighted by Crippen LogP contribution is 2.41. The summed E-state index contributed by atoms with van der Waals surface area (Å²) in [6, 6.07) is 2.96. The Balaban J connectivity index is 1.72. The standard InChI is InChI=1S/C11H15N5/c1-8-11(12)7-14-16(8)10-5-9(6-10)15-4-2-3-13-15/h2-4,7,9-10H,5-6,12H2,1H3/t9-,10+. The van der Waals surface area contributed by atoms with Crippen LogP contribution in [0.15, 0.2) is 24.7 Å². The number of hydrogen-bond donors (Lipinski definition) is 1. The van der Waals surface area contributed by atoms with Crippen molar-refractivity contribution < 1.29 is 0 Å². The Morgan fingerprint density at radius 3 is 2.69 bits per heavy atom. The molecule has 1 saturated carbocycles. The van der Waals surface area contributed by atoms with Gasteiger partial charge in [-0.15, -0.1) is 0 Å². The van der Waals surface area contributed by atoms with Crippen LogP contribution in [0.3, 0.4) is 0 Å². The zero-order chi connectivity index (χ0) is 11.1. The van der Waals surface area contributed by atoms with Gasteiger partial charge in [0.25, 0.3) is 0 Å². The topological polar surface area (TPSA) is 61.7 Å². The van der Waals surface area contributed by atoms with Gasteiger partial charge in [0.1, 0.15) is 0 Å². The van der Waals surface area contributed by atoms with E-state index in [9.17, 15) is 0 Å². The number of nitrogens with two attached hydrogens (primary N) is 1. The SMILES string of the molecule is Cc1c(N)cnn1[C@H]1C[C@@H](n2cccn2)C1. The predicted molar refractivity (Wildman–Crippen MR) is 60.9 cm³/mol. The molecule has 0 saturated heterocycles. The van der Waals surface area contributed by atoms with Crippen LogP contribution in [0.1, 0.15) is 30.6 Å². The molecule has 5 heteroatoms. The van der Waals surface area contributed by atoms with Crippen molar-refractivity contribution in [1.82, 2.24) is 19.6 Å². The molecule has 2 heterocycles. The number of nitrogens with zero attached hydrogens (tertiary/aromatic N) is 4. The lowest BCUT2D eigenvalue weighted by Gasteiger charge is -2.36. The number of hydrogen-bond acceptors (Lipinski definition) is 3. The fraction of sp³-hybridized carbons (Fsp3) is 0.455. The summed E-state index contributed by atoms with van der Waals surface area (Å²) in [7, 11) is 0. The van der Waals surface area contributed by atoms with E-state index in [1.54, 1.807) is 6.20 Å². The number of aromatic nitrogens is 4. The molecule has 0 spiro atoms. The van der Waals surface area contributed by atoms with Crippen LogP contribution in [0, 0.1) is 6.92 Å². The van der Waals surface area contributed by atoms with Gasteiger partial charge in [-0.05, 0) is 25.8 Å². The maximum atomic E-state index is 5.79. The highest BCUT2D eigenvalue weighted by atomic mass is 15.3. The Kier molecular flexibility index (Phi) is 1.99. The predicted octanol–water partition coefficient (Wildman–Crippen LogP) is 1.55. The largest absolute Gasteiger partial charge is 0.396 e. The van der Waals surface area contributed by atoms with Gasteiger partial charge in [0.2, 0.25) is 0 Å². The first-order valence-electron chi connectivity index (χ1n) is 5.54. The van der Waals surface area contributed by atoms with Crippen molar-refractivity contribution in [3.05, 3.63) is 30.4 Å². The van der Waals surface area contributed by atoms with Gasteiger partial charge in [-0.1, -0.05) is 0 Å². The molecule has 2 aromatic heterocycles. The van der Waals surface area contributed by atoms with E-state index in [1.165, 1.54) is 0 Å². The van der Waals surface area contributed by atoms with Crippen LogP contribution in [0.4, 0.5) is 5.69 Å². The molecule has 0 amide bonds. The monoisotopic (exact) mass is 217 g/mol. The summed E-state index contributed by atoms with van der Waals surface area (Å²) in [6.07, 6.45) is 7.75. The lowest BCUT2D eigenvalue weighted by Crippen LogP contribution is -2.30. The van der Waals surface area contributed by atoms with Crippen LogP contribution in [0.5, 0.6) is 0 Å². The zero-order valence-electron chi connectivity index (χ0n) is 9.24. The molecule has 1 aliphatic rings. The molecular weight excluding hydrogens is 202 g/mol. The van der Waals surface area contributed by atoms with Gasteiger partial charge >= 0.3 is 0 Å². The molecule has 84 valence electrons. The van der Waals surface area contributed by atoms with Gasteiger partial charge in [-0.3, -0.25) is 9.36 Å². The van der Waals surface area contributed by atoms with Crippen LogP contribution >= 0.6 is 0 Å². The van der Waals surface area contributed by atoms with E-state index >= 15 is 0 Å². The summed E-state index contributed by atoms with van der Waals surface area (Å²) >= 11 is 0. The first-order valence-corrected chi connectivity index (χ1v) is 5.54. The Bertz CT molecular complexity index is 478. The van der Waals surface area contributed by atoms with Gasteiger partial charge in [0.05, 0.1) is 29.7 Å². The van der Waals surface area contributed by atoms with Gasteiger partial charge < -0.3 is 5.73 Å². The molecule has 5 nitrogen and oxygen atoms in total. The van der Waals surface area contributed by atoms with Crippen LogP contribution in [-0.4, -0.2) is 19.6 Å². The van der Waals surface area contributed by atoms with E-state index < -0.39 is 0 Å². The zero-order valence-corrected chi connectivity index (χ0v) is 9.24. The number of rotatable bonds is 2. The van der Waals surface area contributed by atoms with E-state index in [-0.39, 0.29) is 0 Å². The number of anilines is 1. The molecule has 1 aliphatic carbocycles. The summed E-state index contributed by atoms with van der Waals surface area (Å²) in [5.74, 6) is 0. The Hall–Kier alpha value is -1.78. The maximum Gasteiger partial charge on any atom is 0.0730 e. The van der Waals surface area contributed by atoms with Crippen LogP contribution in [0.25, 0.3) is 0 Å². The summed E-state index contributed by atoms with van der Waals surface area (Å²) in [5, 5.41) is 8.57. The minimum absolute atomic E-state index is 0.478. The summed E-state index contributed by atoms with van der Waals surface area (Å²) in [4.78, 5) is 0. The number of nitrogen functional groups attached to an aromatic ring is 1. The van der Waals surface area contributed by atoms with Crippen molar-refractivity contribution in [1.29, 1.82) is 0 Å². The Morgan fingerprint density at radius 2 is 2.12 bits per heavy atom. The molecule has 1 fully saturated rings. The average Bonchev–Trinajstić information content (AvgIpc) is 2.81. The maximum absolute atomic E-state index is 5.79. The van der Waals surface area contributed by atoms with E-state index in [1.807, 2.05) is 34.7 Å². The second kappa shape index (κ2) is 3.37. The normalized spacial score (nSPS) is 24.3. The van der Waals surface area contributed by atoms with E-state index in [4.69, 9.17) is 5.73 Å².